The highest BCUT2D eigenvalue weighted by atomic mass is 35.5. The van der Waals surface area contributed by atoms with Gasteiger partial charge < -0.3 is 14.2 Å². The van der Waals surface area contributed by atoms with Crippen LogP contribution in [0.2, 0.25) is 15.1 Å². The number of hydrogen-bond acceptors (Lipinski definition) is 7. The minimum absolute atomic E-state index is 0.0934. The van der Waals surface area contributed by atoms with Crippen LogP contribution in [0.4, 0.5) is 4.79 Å². The highest BCUT2D eigenvalue weighted by Gasteiger charge is 2.34. The van der Waals surface area contributed by atoms with Gasteiger partial charge in [0.2, 0.25) is 0 Å². The highest BCUT2D eigenvalue weighted by Crippen LogP contribution is 2.35. The fraction of sp³-hybridized carbons (Fsp3) is 0.115. The third-order valence-corrected chi connectivity index (χ3v) is 6.82. The van der Waals surface area contributed by atoms with Gasteiger partial charge in [0.1, 0.15) is 12.4 Å². The summed E-state index contributed by atoms with van der Waals surface area (Å²) >= 11 is 18.6. The van der Waals surface area contributed by atoms with E-state index >= 15 is 0 Å². The Labute approximate surface area is 231 Å². The Bertz CT molecular complexity index is 1390. The van der Waals surface area contributed by atoms with Crippen molar-refractivity contribution in [3.05, 3.63) is 91.8 Å². The molecule has 1 aliphatic heterocycles. The second-order valence-electron chi connectivity index (χ2n) is 7.56. The quantitative estimate of drug-likeness (QED) is 0.162. The SMILES string of the molecule is COc1cc(/C=C2\SC(=O)N(CCOc3ccc(Cl)cc3)C2=O)ccc1OC(=O)c1ccc(Cl)cc1Cl. The highest BCUT2D eigenvalue weighted by molar-refractivity contribution is 8.18. The van der Waals surface area contributed by atoms with Gasteiger partial charge >= 0.3 is 5.97 Å². The molecule has 0 saturated carbocycles. The number of benzene rings is 3. The smallest absolute Gasteiger partial charge is 0.345 e. The number of halogens is 3. The third kappa shape index (κ3) is 6.59. The van der Waals surface area contributed by atoms with Crippen molar-refractivity contribution in [2.75, 3.05) is 20.3 Å². The number of esters is 1. The number of carbonyl (C=O) groups is 3. The van der Waals surface area contributed by atoms with Gasteiger partial charge in [-0.05, 0) is 78.0 Å². The maximum absolute atomic E-state index is 12.8. The van der Waals surface area contributed by atoms with Crippen LogP contribution in [0, 0.1) is 0 Å². The Hall–Kier alpha value is -3.17. The fourth-order valence-electron chi connectivity index (χ4n) is 3.30. The maximum Gasteiger partial charge on any atom is 0.345 e. The Morgan fingerprint density at radius 3 is 2.38 bits per heavy atom. The molecule has 0 aromatic heterocycles. The molecular formula is C26H18Cl3NO6S. The molecule has 1 heterocycles. The first-order valence-corrected chi connectivity index (χ1v) is 12.7. The number of methoxy groups -OCH3 is 1. The lowest BCUT2D eigenvalue weighted by molar-refractivity contribution is -0.123. The first-order valence-electron chi connectivity index (χ1n) is 10.7. The first-order chi connectivity index (χ1) is 17.7. The minimum Gasteiger partial charge on any atom is -0.493 e. The lowest BCUT2D eigenvalue weighted by Crippen LogP contribution is -2.32. The van der Waals surface area contributed by atoms with Gasteiger partial charge in [-0.3, -0.25) is 14.5 Å². The van der Waals surface area contributed by atoms with Crippen molar-refractivity contribution >= 4 is 69.8 Å². The molecule has 37 heavy (non-hydrogen) atoms. The summed E-state index contributed by atoms with van der Waals surface area (Å²) in [5, 5.41) is 0.731. The largest absolute Gasteiger partial charge is 0.493 e. The van der Waals surface area contributed by atoms with Crippen LogP contribution in [0.5, 0.6) is 17.2 Å². The van der Waals surface area contributed by atoms with Crippen molar-refractivity contribution in [1.82, 2.24) is 4.90 Å². The molecule has 1 fully saturated rings. The molecule has 190 valence electrons. The predicted octanol–water partition coefficient (Wildman–Crippen LogP) is 6.99. The summed E-state index contributed by atoms with van der Waals surface area (Å²) in [6.45, 7) is 0.231. The molecule has 11 heteroatoms. The molecule has 3 aromatic carbocycles. The molecule has 4 rings (SSSR count). The van der Waals surface area contributed by atoms with Gasteiger partial charge in [-0.1, -0.05) is 40.9 Å². The molecule has 2 amide bonds. The van der Waals surface area contributed by atoms with Crippen LogP contribution in [-0.4, -0.2) is 42.3 Å². The van der Waals surface area contributed by atoms with Crippen LogP contribution in [0.3, 0.4) is 0 Å². The molecule has 1 aliphatic rings. The summed E-state index contributed by atoms with van der Waals surface area (Å²) in [6, 6.07) is 16.0. The number of nitrogens with zero attached hydrogens (tertiary/aromatic N) is 1. The van der Waals surface area contributed by atoms with Crippen LogP contribution in [0.15, 0.2) is 65.6 Å². The van der Waals surface area contributed by atoms with Gasteiger partial charge in [0.15, 0.2) is 11.5 Å². The lowest BCUT2D eigenvalue weighted by Gasteiger charge is -2.13. The van der Waals surface area contributed by atoms with E-state index in [4.69, 9.17) is 49.0 Å². The summed E-state index contributed by atoms with van der Waals surface area (Å²) in [7, 11) is 1.42. The van der Waals surface area contributed by atoms with E-state index < -0.39 is 17.1 Å². The minimum atomic E-state index is -0.686. The molecule has 0 unspecified atom stereocenters. The van der Waals surface area contributed by atoms with Crippen molar-refractivity contribution in [3.8, 4) is 17.2 Å². The van der Waals surface area contributed by atoms with E-state index in [2.05, 4.69) is 0 Å². The molecule has 0 radical (unpaired) electrons. The zero-order valence-corrected chi connectivity index (χ0v) is 22.3. The molecule has 0 atom stereocenters. The number of amides is 2. The number of hydrogen-bond donors (Lipinski definition) is 0. The second-order valence-corrected chi connectivity index (χ2v) is 9.83. The zero-order valence-electron chi connectivity index (χ0n) is 19.2. The molecule has 3 aromatic rings. The Morgan fingerprint density at radius 2 is 1.68 bits per heavy atom. The number of thioether (sulfide) groups is 1. The van der Waals surface area contributed by atoms with Gasteiger partial charge in [-0.2, -0.15) is 0 Å². The van der Waals surface area contributed by atoms with Crippen molar-refractivity contribution in [2.45, 2.75) is 0 Å². The van der Waals surface area contributed by atoms with E-state index in [1.54, 1.807) is 42.5 Å². The average molecular weight is 579 g/mol. The van der Waals surface area contributed by atoms with E-state index in [-0.39, 0.29) is 40.1 Å². The molecule has 7 nitrogen and oxygen atoms in total. The van der Waals surface area contributed by atoms with Gasteiger partial charge in [0, 0.05) is 10.0 Å². The molecule has 0 bridgehead atoms. The summed E-state index contributed by atoms with van der Waals surface area (Å²) in [5.74, 6) is -0.125. The first kappa shape index (κ1) is 26.9. The summed E-state index contributed by atoms with van der Waals surface area (Å²) in [4.78, 5) is 39.1. The van der Waals surface area contributed by atoms with Gasteiger partial charge in [-0.25, -0.2) is 4.79 Å². The number of rotatable bonds is 8. The van der Waals surface area contributed by atoms with Crippen LogP contribution in [0.1, 0.15) is 15.9 Å². The standard InChI is InChI=1S/C26H18Cl3NO6S/c1-34-22-12-15(2-9-21(22)36-25(32)19-8-5-17(28)14-20(19)29)13-23-24(31)30(26(33)37-23)10-11-35-18-6-3-16(27)4-7-18/h2-9,12-14H,10-11H2,1H3/b23-13-. The Morgan fingerprint density at radius 1 is 0.946 bits per heavy atom. The molecule has 0 spiro atoms. The van der Waals surface area contributed by atoms with E-state index in [9.17, 15) is 14.4 Å². The summed E-state index contributed by atoms with van der Waals surface area (Å²) in [5.41, 5.74) is 0.718. The lowest BCUT2D eigenvalue weighted by atomic mass is 10.1. The number of ether oxygens (including phenoxy) is 3. The monoisotopic (exact) mass is 577 g/mol. The molecular weight excluding hydrogens is 561 g/mol. The average Bonchev–Trinajstić information content (AvgIpc) is 3.13. The summed E-state index contributed by atoms with van der Waals surface area (Å²) in [6.07, 6.45) is 1.56. The van der Waals surface area contributed by atoms with Crippen LogP contribution < -0.4 is 14.2 Å². The molecule has 0 aliphatic carbocycles. The van der Waals surface area contributed by atoms with E-state index in [1.807, 2.05) is 0 Å². The number of imide groups is 1. The van der Waals surface area contributed by atoms with Gasteiger partial charge in [-0.15, -0.1) is 0 Å². The Kier molecular flexibility index (Phi) is 8.66. The summed E-state index contributed by atoms with van der Waals surface area (Å²) < 4.78 is 16.4. The van der Waals surface area contributed by atoms with Crippen LogP contribution >= 0.6 is 46.6 Å². The Balaban J connectivity index is 1.43. The number of carbonyl (C=O) groups excluding carboxylic acids is 3. The van der Waals surface area contributed by atoms with Crippen LogP contribution in [0.25, 0.3) is 6.08 Å². The van der Waals surface area contributed by atoms with Crippen LogP contribution in [-0.2, 0) is 4.79 Å². The zero-order chi connectivity index (χ0) is 26.5. The molecule has 0 N–H and O–H groups in total. The van der Waals surface area contributed by atoms with Crippen molar-refractivity contribution in [1.29, 1.82) is 0 Å². The van der Waals surface area contributed by atoms with Gasteiger partial charge in [0.05, 0.1) is 29.1 Å². The topological polar surface area (TPSA) is 82.1 Å². The molecule has 1 saturated heterocycles. The van der Waals surface area contributed by atoms with Crippen molar-refractivity contribution < 1.29 is 28.6 Å². The predicted molar refractivity (Wildman–Crippen MR) is 144 cm³/mol. The van der Waals surface area contributed by atoms with Crippen molar-refractivity contribution in [3.63, 3.8) is 0 Å². The van der Waals surface area contributed by atoms with Gasteiger partial charge in [0.25, 0.3) is 11.1 Å². The second kappa shape index (κ2) is 11.9. The normalized spacial score (nSPS) is 14.3. The van der Waals surface area contributed by atoms with E-state index in [0.29, 0.717) is 21.4 Å². The van der Waals surface area contributed by atoms with Crippen molar-refractivity contribution in [2.24, 2.45) is 0 Å². The van der Waals surface area contributed by atoms with E-state index in [1.165, 1.54) is 31.4 Å². The fourth-order valence-corrected chi connectivity index (χ4v) is 4.77. The third-order valence-electron chi connectivity index (χ3n) is 5.11. The maximum atomic E-state index is 12.8. The van der Waals surface area contributed by atoms with E-state index in [0.717, 1.165) is 16.7 Å².